The molecule has 2 heterocycles. The molecule has 7 heteroatoms. The summed E-state index contributed by atoms with van der Waals surface area (Å²) in [4.78, 5) is 2.12. The SMILES string of the molecule is OCC1CN(c2nnc(Cc3ccc(Cl)cc3)s2)CCO1. The molecule has 0 spiro atoms. The van der Waals surface area contributed by atoms with Gasteiger partial charge in [0.2, 0.25) is 5.13 Å². The fraction of sp³-hybridized carbons (Fsp3) is 0.429. The average Bonchev–Trinajstić information content (AvgIpc) is 2.98. The molecule has 1 aliphatic heterocycles. The standard InChI is InChI=1S/C14H16ClN3O2S/c15-11-3-1-10(2-4-11)7-13-16-17-14(21-13)18-5-6-20-12(8-18)9-19/h1-4,12,19H,5-9H2. The summed E-state index contributed by atoms with van der Waals surface area (Å²) in [6, 6.07) is 7.76. The van der Waals surface area contributed by atoms with E-state index in [1.54, 1.807) is 11.3 Å². The second-order valence-electron chi connectivity index (χ2n) is 4.90. The van der Waals surface area contributed by atoms with Crippen LogP contribution in [-0.2, 0) is 11.2 Å². The zero-order valence-corrected chi connectivity index (χ0v) is 13.0. The van der Waals surface area contributed by atoms with E-state index < -0.39 is 0 Å². The molecule has 1 unspecified atom stereocenters. The first-order chi connectivity index (χ1) is 10.2. The summed E-state index contributed by atoms with van der Waals surface area (Å²) in [7, 11) is 0. The number of ether oxygens (including phenoxy) is 1. The van der Waals surface area contributed by atoms with Crippen molar-refractivity contribution in [2.24, 2.45) is 0 Å². The Morgan fingerprint density at radius 3 is 2.90 bits per heavy atom. The van der Waals surface area contributed by atoms with Crippen LogP contribution in [0.2, 0.25) is 5.02 Å². The molecule has 5 nitrogen and oxygen atoms in total. The molecule has 1 fully saturated rings. The lowest BCUT2D eigenvalue weighted by Crippen LogP contribution is -2.44. The summed E-state index contributed by atoms with van der Waals surface area (Å²) in [5, 5.41) is 20.3. The Bertz CT molecular complexity index is 590. The quantitative estimate of drug-likeness (QED) is 0.931. The highest BCUT2D eigenvalue weighted by atomic mass is 35.5. The summed E-state index contributed by atoms with van der Waals surface area (Å²) in [6.07, 6.45) is 0.616. The summed E-state index contributed by atoms with van der Waals surface area (Å²) in [5.74, 6) is 0. The Kier molecular flexibility index (Phi) is 4.70. The maximum Gasteiger partial charge on any atom is 0.208 e. The number of halogens is 1. The van der Waals surface area contributed by atoms with Gasteiger partial charge in [0.15, 0.2) is 0 Å². The van der Waals surface area contributed by atoms with Gasteiger partial charge in [-0.25, -0.2) is 0 Å². The number of rotatable bonds is 4. The lowest BCUT2D eigenvalue weighted by Gasteiger charge is -2.31. The molecule has 0 aliphatic carbocycles. The number of benzene rings is 1. The molecule has 3 rings (SSSR count). The van der Waals surface area contributed by atoms with Crippen LogP contribution >= 0.6 is 22.9 Å². The van der Waals surface area contributed by atoms with Gasteiger partial charge in [-0.05, 0) is 17.7 Å². The van der Waals surface area contributed by atoms with E-state index >= 15 is 0 Å². The van der Waals surface area contributed by atoms with E-state index in [1.807, 2.05) is 24.3 Å². The Balaban J connectivity index is 1.67. The van der Waals surface area contributed by atoms with Crippen LogP contribution in [0.4, 0.5) is 5.13 Å². The number of hydrogen-bond donors (Lipinski definition) is 1. The van der Waals surface area contributed by atoms with Crippen molar-refractivity contribution in [2.75, 3.05) is 31.2 Å². The molecule has 0 bridgehead atoms. The van der Waals surface area contributed by atoms with Crippen LogP contribution in [0.3, 0.4) is 0 Å². The van der Waals surface area contributed by atoms with Gasteiger partial charge < -0.3 is 14.7 Å². The van der Waals surface area contributed by atoms with Crippen molar-refractivity contribution in [1.82, 2.24) is 10.2 Å². The number of aliphatic hydroxyl groups excluding tert-OH is 1. The van der Waals surface area contributed by atoms with E-state index in [2.05, 4.69) is 15.1 Å². The van der Waals surface area contributed by atoms with Crippen molar-refractivity contribution in [3.05, 3.63) is 39.9 Å². The highest BCUT2D eigenvalue weighted by Crippen LogP contribution is 2.24. The maximum absolute atomic E-state index is 9.18. The first kappa shape index (κ1) is 14.7. The summed E-state index contributed by atoms with van der Waals surface area (Å²) >= 11 is 7.47. The second kappa shape index (κ2) is 6.70. The Labute approximate surface area is 132 Å². The van der Waals surface area contributed by atoms with Crippen LogP contribution in [0.5, 0.6) is 0 Å². The third-order valence-electron chi connectivity index (χ3n) is 3.34. The van der Waals surface area contributed by atoms with Gasteiger partial charge >= 0.3 is 0 Å². The minimum absolute atomic E-state index is 0.0347. The lowest BCUT2D eigenvalue weighted by molar-refractivity contribution is 0.00353. The second-order valence-corrected chi connectivity index (χ2v) is 6.38. The van der Waals surface area contributed by atoms with Gasteiger partial charge in [-0.3, -0.25) is 0 Å². The molecule has 112 valence electrons. The normalized spacial score (nSPS) is 19.0. The van der Waals surface area contributed by atoms with Gasteiger partial charge in [-0.15, -0.1) is 10.2 Å². The van der Waals surface area contributed by atoms with Crippen molar-refractivity contribution in [1.29, 1.82) is 0 Å². The molecule has 21 heavy (non-hydrogen) atoms. The average molecular weight is 326 g/mol. The van der Waals surface area contributed by atoms with Gasteiger partial charge in [-0.1, -0.05) is 35.1 Å². The molecular weight excluding hydrogens is 310 g/mol. The smallest absolute Gasteiger partial charge is 0.208 e. The van der Waals surface area contributed by atoms with Crippen molar-refractivity contribution in [3.8, 4) is 0 Å². The minimum Gasteiger partial charge on any atom is -0.394 e. The zero-order chi connectivity index (χ0) is 14.7. The number of aliphatic hydroxyl groups is 1. The molecule has 1 N–H and O–H groups in total. The van der Waals surface area contributed by atoms with Crippen molar-refractivity contribution in [3.63, 3.8) is 0 Å². The predicted octanol–water partition coefficient (Wildman–Crippen LogP) is 1.98. The minimum atomic E-state index is -0.137. The Morgan fingerprint density at radius 2 is 2.14 bits per heavy atom. The lowest BCUT2D eigenvalue weighted by atomic mass is 10.2. The predicted molar refractivity (Wildman–Crippen MR) is 83.2 cm³/mol. The number of hydrogen-bond acceptors (Lipinski definition) is 6. The number of morpholine rings is 1. The van der Waals surface area contributed by atoms with Crippen LogP contribution in [0.1, 0.15) is 10.6 Å². The van der Waals surface area contributed by atoms with Gasteiger partial charge in [0, 0.05) is 24.5 Å². The Morgan fingerprint density at radius 1 is 1.33 bits per heavy atom. The number of nitrogens with zero attached hydrogens (tertiary/aromatic N) is 3. The first-order valence-electron chi connectivity index (χ1n) is 6.79. The molecule has 2 aromatic rings. The fourth-order valence-corrected chi connectivity index (χ4v) is 3.26. The third kappa shape index (κ3) is 3.71. The Hall–Kier alpha value is -1.21. The monoisotopic (exact) mass is 325 g/mol. The van der Waals surface area contributed by atoms with E-state index in [0.29, 0.717) is 13.2 Å². The topological polar surface area (TPSA) is 58.5 Å². The highest BCUT2D eigenvalue weighted by Gasteiger charge is 2.22. The fourth-order valence-electron chi connectivity index (χ4n) is 2.22. The summed E-state index contributed by atoms with van der Waals surface area (Å²) in [5.41, 5.74) is 1.16. The summed E-state index contributed by atoms with van der Waals surface area (Å²) < 4.78 is 5.44. The molecule has 0 amide bonds. The molecule has 1 aromatic heterocycles. The van der Waals surface area contributed by atoms with E-state index in [0.717, 1.165) is 33.7 Å². The van der Waals surface area contributed by atoms with Gasteiger partial charge in [-0.2, -0.15) is 0 Å². The number of anilines is 1. The third-order valence-corrected chi connectivity index (χ3v) is 4.57. The van der Waals surface area contributed by atoms with Crippen LogP contribution < -0.4 is 4.90 Å². The molecule has 0 radical (unpaired) electrons. The number of aromatic nitrogens is 2. The van der Waals surface area contributed by atoms with Gasteiger partial charge in [0.1, 0.15) is 5.01 Å². The van der Waals surface area contributed by atoms with Gasteiger partial charge in [0.05, 0.1) is 19.3 Å². The van der Waals surface area contributed by atoms with Gasteiger partial charge in [0.25, 0.3) is 0 Å². The van der Waals surface area contributed by atoms with E-state index in [9.17, 15) is 5.11 Å². The highest BCUT2D eigenvalue weighted by molar-refractivity contribution is 7.15. The maximum atomic E-state index is 9.18. The summed E-state index contributed by atoms with van der Waals surface area (Å²) in [6.45, 7) is 2.09. The molecular formula is C14H16ClN3O2S. The van der Waals surface area contributed by atoms with Crippen LogP contribution in [-0.4, -0.2) is 47.7 Å². The van der Waals surface area contributed by atoms with E-state index in [1.165, 1.54) is 0 Å². The van der Waals surface area contributed by atoms with E-state index in [-0.39, 0.29) is 12.7 Å². The first-order valence-corrected chi connectivity index (χ1v) is 7.98. The molecule has 1 saturated heterocycles. The molecule has 1 atom stereocenters. The van der Waals surface area contributed by atoms with Crippen molar-refractivity contribution < 1.29 is 9.84 Å². The molecule has 1 aliphatic rings. The van der Waals surface area contributed by atoms with Crippen LogP contribution in [0.15, 0.2) is 24.3 Å². The van der Waals surface area contributed by atoms with Crippen molar-refractivity contribution >= 4 is 28.1 Å². The van der Waals surface area contributed by atoms with Crippen LogP contribution in [0, 0.1) is 0 Å². The largest absolute Gasteiger partial charge is 0.394 e. The zero-order valence-electron chi connectivity index (χ0n) is 11.4. The van der Waals surface area contributed by atoms with E-state index in [4.69, 9.17) is 16.3 Å². The molecule has 0 saturated carbocycles. The van der Waals surface area contributed by atoms with Crippen molar-refractivity contribution in [2.45, 2.75) is 12.5 Å². The van der Waals surface area contributed by atoms with Crippen LogP contribution in [0.25, 0.3) is 0 Å². The molecule has 1 aromatic carbocycles.